The van der Waals surface area contributed by atoms with Gasteiger partial charge < -0.3 is 20.1 Å². The molecule has 2 aliphatic heterocycles. The Kier molecular flexibility index (Phi) is 5.06. The molecule has 5 rings (SSSR count). The number of amides is 1. The smallest absolute Gasteiger partial charge is 0.251 e. The molecule has 6 nitrogen and oxygen atoms in total. The number of fused-ring (bicyclic) bond motifs is 1. The molecule has 164 valence electrons. The first kappa shape index (κ1) is 20.5. The molecule has 3 aromatic rings. The fourth-order valence-electron chi connectivity index (χ4n) is 4.62. The van der Waals surface area contributed by atoms with Gasteiger partial charge in [-0.2, -0.15) is 0 Å². The number of morpholine rings is 1. The maximum Gasteiger partial charge on any atom is 0.251 e. The van der Waals surface area contributed by atoms with E-state index in [0.29, 0.717) is 17.7 Å². The Labute approximate surface area is 185 Å². The summed E-state index contributed by atoms with van der Waals surface area (Å²) < 4.78 is 19.9. The van der Waals surface area contributed by atoms with Gasteiger partial charge in [-0.1, -0.05) is 0 Å². The second-order valence-electron chi connectivity index (χ2n) is 8.50. The van der Waals surface area contributed by atoms with E-state index in [2.05, 4.69) is 15.2 Å². The van der Waals surface area contributed by atoms with E-state index in [1.165, 1.54) is 12.1 Å². The Balaban J connectivity index is 1.60. The summed E-state index contributed by atoms with van der Waals surface area (Å²) in [5, 5.41) is 12.8. The van der Waals surface area contributed by atoms with Crippen LogP contribution in [0.15, 0.2) is 48.7 Å². The summed E-state index contributed by atoms with van der Waals surface area (Å²) in [7, 11) is 0. The van der Waals surface area contributed by atoms with Crippen molar-refractivity contribution in [2.45, 2.75) is 32.6 Å². The van der Waals surface area contributed by atoms with Gasteiger partial charge in [0.15, 0.2) is 0 Å². The van der Waals surface area contributed by atoms with Gasteiger partial charge in [-0.15, -0.1) is 0 Å². The highest BCUT2D eigenvalue weighted by Gasteiger charge is 2.26. The second kappa shape index (κ2) is 7.91. The molecule has 1 fully saturated rings. The molecule has 2 aromatic carbocycles. The fraction of sp³-hybridized carbons (Fsp3) is 0.280. The third kappa shape index (κ3) is 3.80. The molecule has 7 heteroatoms. The van der Waals surface area contributed by atoms with Crippen LogP contribution in [-0.4, -0.2) is 41.3 Å². The van der Waals surface area contributed by atoms with E-state index in [4.69, 9.17) is 4.74 Å². The van der Waals surface area contributed by atoms with Crippen LogP contribution in [0.25, 0.3) is 22.3 Å². The molecule has 1 saturated heterocycles. The molecule has 2 atom stereocenters. The molecule has 0 radical (unpaired) electrons. The van der Waals surface area contributed by atoms with Crippen molar-refractivity contribution in [1.29, 1.82) is 0 Å². The minimum atomic E-state index is -0.529. The third-order valence-electron chi connectivity index (χ3n) is 5.94. The highest BCUT2D eigenvalue weighted by Crippen LogP contribution is 2.36. The number of pyridine rings is 1. The van der Waals surface area contributed by atoms with Gasteiger partial charge in [0.1, 0.15) is 17.4 Å². The lowest BCUT2D eigenvalue weighted by molar-refractivity contribution is -0.00545. The third-order valence-corrected chi connectivity index (χ3v) is 5.94. The van der Waals surface area contributed by atoms with Crippen LogP contribution in [0.5, 0.6) is 5.75 Å². The zero-order chi connectivity index (χ0) is 22.4. The van der Waals surface area contributed by atoms with Crippen LogP contribution in [0.1, 0.15) is 29.8 Å². The van der Waals surface area contributed by atoms with Crippen LogP contribution >= 0.6 is 0 Å². The van der Waals surface area contributed by atoms with E-state index in [1.54, 1.807) is 6.20 Å². The van der Waals surface area contributed by atoms with Gasteiger partial charge in [-0.05, 0) is 78.1 Å². The summed E-state index contributed by atoms with van der Waals surface area (Å²) >= 11 is 0. The summed E-state index contributed by atoms with van der Waals surface area (Å²) in [6.07, 6.45) is 1.98. The lowest BCUT2D eigenvalue weighted by atomic mass is 9.92. The Morgan fingerprint density at radius 2 is 1.78 bits per heavy atom. The molecule has 1 amide bonds. The van der Waals surface area contributed by atoms with E-state index in [0.717, 1.165) is 47.2 Å². The largest absolute Gasteiger partial charge is 0.508 e. The number of rotatable bonds is 3. The number of nitrogens with one attached hydrogen (secondary N) is 1. The molecule has 0 spiro atoms. The molecule has 0 aliphatic carbocycles. The summed E-state index contributed by atoms with van der Waals surface area (Å²) in [6, 6.07) is 11.7. The zero-order valence-corrected chi connectivity index (χ0v) is 17.9. The highest BCUT2D eigenvalue weighted by atomic mass is 19.1. The van der Waals surface area contributed by atoms with Crippen molar-refractivity contribution < 1.29 is 19.0 Å². The molecule has 32 heavy (non-hydrogen) atoms. The monoisotopic (exact) mass is 433 g/mol. The van der Waals surface area contributed by atoms with Gasteiger partial charge in [-0.25, -0.2) is 9.37 Å². The van der Waals surface area contributed by atoms with Crippen LogP contribution in [0.3, 0.4) is 0 Å². The van der Waals surface area contributed by atoms with Gasteiger partial charge in [0.25, 0.3) is 5.91 Å². The number of phenols is 1. The van der Waals surface area contributed by atoms with Gasteiger partial charge in [0.2, 0.25) is 0 Å². The summed E-state index contributed by atoms with van der Waals surface area (Å²) in [5.74, 6) is 0.00427. The van der Waals surface area contributed by atoms with Crippen molar-refractivity contribution >= 4 is 11.7 Å². The van der Waals surface area contributed by atoms with E-state index < -0.39 is 5.82 Å². The minimum absolute atomic E-state index is 0.111. The number of halogens is 1. The minimum Gasteiger partial charge on any atom is -0.508 e. The Bertz CT molecular complexity index is 1180. The summed E-state index contributed by atoms with van der Waals surface area (Å²) in [4.78, 5) is 19.2. The first-order valence-electron chi connectivity index (χ1n) is 10.7. The number of phenolic OH excluding ortho intramolecular Hbond substituents is 1. The predicted molar refractivity (Wildman–Crippen MR) is 120 cm³/mol. The molecule has 0 unspecified atom stereocenters. The molecule has 0 saturated carbocycles. The molecular formula is C25H24FN3O3. The number of nitrogens with zero attached hydrogens (tertiary/aromatic N) is 2. The van der Waals surface area contributed by atoms with E-state index in [1.807, 2.05) is 38.1 Å². The number of hydrogen-bond acceptors (Lipinski definition) is 5. The number of ether oxygens (including phenoxy) is 1. The normalized spacial score (nSPS) is 20.2. The number of aromatic nitrogens is 1. The molecule has 3 heterocycles. The molecule has 2 aliphatic rings. The first-order chi connectivity index (χ1) is 15.4. The van der Waals surface area contributed by atoms with E-state index >= 15 is 0 Å². The molecule has 1 aromatic heterocycles. The van der Waals surface area contributed by atoms with Gasteiger partial charge in [-0.3, -0.25) is 4.79 Å². The van der Waals surface area contributed by atoms with Gasteiger partial charge >= 0.3 is 0 Å². The van der Waals surface area contributed by atoms with Gasteiger partial charge in [0, 0.05) is 37.5 Å². The van der Waals surface area contributed by atoms with Crippen LogP contribution in [0.4, 0.5) is 10.2 Å². The highest BCUT2D eigenvalue weighted by molar-refractivity contribution is 6.02. The van der Waals surface area contributed by atoms with E-state index in [-0.39, 0.29) is 23.9 Å². The topological polar surface area (TPSA) is 74.7 Å². The second-order valence-corrected chi connectivity index (χ2v) is 8.50. The number of benzene rings is 2. The van der Waals surface area contributed by atoms with Crippen molar-refractivity contribution in [3.8, 4) is 28.0 Å². The van der Waals surface area contributed by atoms with Crippen molar-refractivity contribution in [2.75, 3.05) is 18.0 Å². The zero-order valence-electron chi connectivity index (χ0n) is 17.9. The number of anilines is 1. The lowest BCUT2D eigenvalue weighted by Gasteiger charge is -2.36. The van der Waals surface area contributed by atoms with Crippen molar-refractivity contribution in [2.24, 2.45) is 0 Å². The molecule has 0 bridgehead atoms. The van der Waals surface area contributed by atoms with Crippen molar-refractivity contribution in [1.82, 2.24) is 10.3 Å². The van der Waals surface area contributed by atoms with Crippen LogP contribution < -0.4 is 10.2 Å². The predicted octanol–water partition coefficient (Wildman–Crippen LogP) is 4.12. The summed E-state index contributed by atoms with van der Waals surface area (Å²) in [6.45, 7) is 5.97. The maximum atomic E-state index is 14.0. The van der Waals surface area contributed by atoms with Crippen LogP contribution in [-0.2, 0) is 11.3 Å². The average molecular weight is 433 g/mol. The quantitative estimate of drug-likeness (QED) is 0.650. The number of carbonyl (C=O) groups is 1. The SMILES string of the molecule is C[C@@H]1CN(c2cc(-c3cc4c(c(-c5cc(O)cc(F)c5)c3)CNC4=O)ccn2)C[C@H](C)O1. The standard InChI is InChI=1S/C25H24FN3O3/c1-14-12-29(13-15(2)32-14)24-9-16(3-4-27-24)17-7-21(18-5-19(26)10-20(30)6-18)23-11-28-25(31)22(23)8-17/h3-10,14-15,30H,11-13H2,1-2H3,(H,28,31)/t14-,15+. The van der Waals surface area contributed by atoms with E-state index in [9.17, 15) is 14.3 Å². The number of carbonyl (C=O) groups excluding carboxylic acids is 1. The van der Waals surface area contributed by atoms with Gasteiger partial charge in [0.05, 0.1) is 12.2 Å². The van der Waals surface area contributed by atoms with Crippen LogP contribution in [0, 0.1) is 5.82 Å². The van der Waals surface area contributed by atoms with Crippen molar-refractivity contribution in [3.63, 3.8) is 0 Å². The number of aromatic hydroxyl groups is 1. The molecule has 2 N–H and O–H groups in total. The maximum absolute atomic E-state index is 14.0. The Morgan fingerprint density at radius 3 is 2.53 bits per heavy atom. The Morgan fingerprint density at radius 1 is 1.03 bits per heavy atom. The first-order valence-corrected chi connectivity index (χ1v) is 10.7. The number of hydrogen-bond donors (Lipinski definition) is 2. The summed E-state index contributed by atoms with van der Waals surface area (Å²) in [5.41, 5.74) is 4.35. The van der Waals surface area contributed by atoms with Crippen molar-refractivity contribution in [3.05, 3.63) is 65.6 Å². The molecular weight excluding hydrogens is 409 g/mol. The fourth-order valence-corrected chi connectivity index (χ4v) is 4.62. The lowest BCUT2D eigenvalue weighted by Crippen LogP contribution is -2.45. The Hall–Kier alpha value is -3.45. The average Bonchev–Trinajstić information content (AvgIpc) is 3.12. The van der Waals surface area contributed by atoms with Crippen LogP contribution in [0.2, 0.25) is 0 Å².